The van der Waals surface area contributed by atoms with E-state index in [0.29, 0.717) is 23.4 Å². The molecule has 1 aromatic carbocycles. The Morgan fingerprint density at radius 3 is 2.24 bits per heavy atom. The number of hydrogen-bond acceptors (Lipinski definition) is 4. The first kappa shape index (κ1) is 15.6. The van der Waals surface area contributed by atoms with Crippen molar-refractivity contribution in [3.63, 3.8) is 0 Å². The summed E-state index contributed by atoms with van der Waals surface area (Å²) in [6.07, 6.45) is 1.77. The molecule has 0 radical (unpaired) electrons. The molecule has 1 N–H and O–H groups in total. The van der Waals surface area contributed by atoms with Crippen LogP contribution in [-0.2, 0) is 4.79 Å². The van der Waals surface area contributed by atoms with Gasteiger partial charge in [-0.1, -0.05) is 12.1 Å². The zero-order chi connectivity index (χ0) is 15.2. The number of fused-ring (bicyclic) bond motifs is 1. The Labute approximate surface area is 127 Å². The van der Waals surface area contributed by atoms with Gasteiger partial charge in [0, 0.05) is 12.3 Å². The molecule has 0 saturated carbocycles. The second-order valence-corrected chi connectivity index (χ2v) is 6.00. The number of amides is 2. The number of hydrogen-bond donors (Lipinski definition) is 1. The molecule has 1 aliphatic heterocycles. The number of thioether (sulfide) groups is 1. The fraction of sp³-hybridized carbons (Fsp3) is 0.400. The van der Waals surface area contributed by atoms with Crippen molar-refractivity contribution >= 4 is 29.5 Å². The van der Waals surface area contributed by atoms with Crippen LogP contribution in [-0.4, -0.2) is 45.8 Å². The summed E-state index contributed by atoms with van der Waals surface area (Å²) in [5.74, 6) is 0.232. The van der Waals surface area contributed by atoms with E-state index in [4.69, 9.17) is 5.11 Å². The van der Waals surface area contributed by atoms with Gasteiger partial charge in [-0.05, 0) is 30.7 Å². The lowest BCUT2D eigenvalue weighted by Gasteiger charge is -2.13. The number of unbranched alkanes of at least 4 members (excludes halogenated alkanes) is 1. The van der Waals surface area contributed by atoms with Crippen LogP contribution in [0.25, 0.3) is 0 Å². The zero-order valence-corrected chi connectivity index (χ0v) is 12.4. The zero-order valence-electron chi connectivity index (χ0n) is 11.6. The van der Waals surface area contributed by atoms with Gasteiger partial charge < -0.3 is 5.11 Å². The van der Waals surface area contributed by atoms with Gasteiger partial charge in [-0.3, -0.25) is 19.3 Å². The topological polar surface area (TPSA) is 74.7 Å². The summed E-state index contributed by atoms with van der Waals surface area (Å²) in [6, 6.07) is 6.87. The highest BCUT2D eigenvalue weighted by atomic mass is 32.2. The predicted molar refractivity (Wildman–Crippen MR) is 80.6 cm³/mol. The van der Waals surface area contributed by atoms with Crippen LogP contribution in [0.2, 0.25) is 0 Å². The second-order valence-electron chi connectivity index (χ2n) is 4.77. The Hall–Kier alpha value is -1.82. The number of imide groups is 1. The van der Waals surface area contributed by atoms with Gasteiger partial charge in [-0.25, -0.2) is 0 Å². The van der Waals surface area contributed by atoms with Crippen molar-refractivity contribution < 1.29 is 19.5 Å². The predicted octanol–water partition coefficient (Wildman–Crippen LogP) is 2.27. The van der Waals surface area contributed by atoms with Crippen molar-refractivity contribution in [2.24, 2.45) is 0 Å². The number of carboxylic acid groups (broad SMARTS) is 1. The number of rotatable bonds is 8. The maximum absolute atomic E-state index is 12.1. The maximum atomic E-state index is 12.1. The van der Waals surface area contributed by atoms with Crippen LogP contribution in [0.5, 0.6) is 0 Å². The van der Waals surface area contributed by atoms with Gasteiger partial charge in [0.15, 0.2) is 0 Å². The molecule has 21 heavy (non-hydrogen) atoms. The largest absolute Gasteiger partial charge is 0.481 e. The lowest BCUT2D eigenvalue weighted by Crippen LogP contribution is -2.30. The molecule has 0 bridgehead atoms. The molecule has 2 amide bonds. The molecule has 1 heterocycles. The first-order valence-corrected chi connectivity index (χ1v) is 8.01. The normalized spacial score (nSPS) is 13.6. The summed E-state index contributed by atoms with van der Waals surface area (Å²) >= 11 is 1.58. The molecule has 1 aromatic rings. The number of nitrogens with zero attached hydrogens (tertiary/aromatic N) is 1. The first-order valence-electron chi connectivity index (χ1n) is 6.86. The fourth-order valence-corrected chi connectivity index (χ4v) is 3.11. The third-order valence-corrected chi connectivity index (χ3v) is 4.33. The van der Waals surface area contributed by atoms with Gasteiger partial charge in [-0.15, -0.1) is 0 Å². The standard InChI is InChI=1S/C15H17NO4S/c17-13(18)7-10-21-9-4-3-8-16-14(19)11-5-1-2-6-12(11)15(16)20/h1-2,5-6H,3-4,7-10H2,(H,17,18). The molecule has 0 aromatic heterocycles. The third kappa shape index (κ3) is 3.85. The minimum absolute atomic E-state index is 0.170. The van der Waals surface area contributed by atoms with E-state index in [2.05, 4.69) is 0 Å². The monoisotopic (exact) mass is 307 g/mol. The Morgan fingerprint density at radius 2 is 1.67 bits per heavy atom. The molecule has 1 aliphatic rings. The highest BCUT2D eigenvalue weighted by Gasteiger charge is 2.34. The lowest BCUT2D eigenvalue weighted by atomic mass is 10.1. The van der Waals surface area contributed by atoms with Crippen LogP contribution in [0.15, 0.2) is 24.3 Å². The summed E-state index contributed by atoms with van der Waals surface area (Å²) in [5, 5.41) is 8.51. The molecule has 0 atom stereocenters. The van der Waals surface area contributed by atoms with E-state index in [0.717, 1.165) is 18.6 Å². The maximum Gasteiger partial charge on any atom is 0.304 e. The molecule has 6 heteroatoms. The van der Waals surface area contributed by atoms with Crippen LogP contribution in [0.4, 0.5) is 0 Å². The Bertz CT molecular complexity index is 523. The van der Waals surface area contributed by atoms with Crippen LogP contribution >= 0.6 is 11.8 Å². The highest BCUT2D eigenvalue weighted by Crippen LogP contribution is 2.22. The Morgan fingerprint density at radius 1 is 1.05 bits per heavy atom. The third-order valence-electron chi connectivity index (χ3n) is 3.26. The molecule has 0 fully saturated rings. The van der Waals surface area contributed by atoms with Crippen molar-refractivity contribution in [2.45, 2.75) is 19.3 Å². The van der Waals surface area contributed by atoms with E-state index in [1.807, 2.05) is 0 Å². The smallest absolute Gasteiger partial charge is 0.304 e. The van der Waals surface area contributed by atoms with Gasteiger partial charge in [-0.2, -0.15) is 11.8 Å². The van der Waals surface area contributed by atoms with Gasteiger partial charge in [0.2, 0.25) is 0 Å². The molecule has 0 unspecified atom stereocenters. The SMILES string of the molecule is O=C(O)CCSCCCCN1C(=O)c2ccccc2C1=O. The van der Waals surface area contributed by atoms with Crippen molar-refractivity contribution in [3.05, 3.63) is 35.4 Å². The van der Waals surface area contributed by atoms with Gasteiger partial charge in [0.1, 0.15) is 0 Å². The molecule has 0 spiro atoms. The molecule has 0 aliphatic carbocycles. The number of carbonyl (C=O) groups excluding carboxylic acids is 2. The minimum Gasteiger partial charge on any atom is -0.481 e. The average Bonchev–Trinajstić information content (AvgIpc) is 2.71. The van der Waals surface area contributed by atoms with Gasteiger partial charge in [0.25, 0.3) is 11.8 Å². The summed E-state index contributed by atoms with van der Waals surface area (Å²) in [5.41, 5.74) is 0.969. The molecule has 2 rings (SSSR count). The van der Waals surface area contributed by atoms with Crippen molar-refractivity contribution in [3.8, 4) is 0 Å². The number of benzene rings is 1. The van der Waals surface area contributed by atoms with Crippen LogP contribution in [0.1, 0.15) is 40.0 Å². The summed E-state index contributed by atoms with van der Waals surface area (Å²) < 4.78 is 0. The Balaban J connectivity index is 1.72. The molecule has 5 nitrogen and oxygen atoms in total. The summed E-state index contributed by atoms with van der Waals surface area (Å²) in [6.45, 7) is 0.422. The molecular formula is C15H17NO4S. The molecular weight excluding hydrogens is 290 g/mol. The van der Waals surface area contributed by atoms with Gasteiger partial charge >= 0.3 is 5.97 Å². The van der Waals surface area contributed by atoms with Gasteiger partial charge in [0.05, 0.1) is 17.5 Å². The van der Waals surface area contributed by atoms with E-state index in [9.17, 15) is 14.4 Å². The highest BCUT2D eigenvalue weighted by molar-refractivity contribution is 7.99. The van der Waals surface area contributed by atoms with Crippen LogP contribution in [0.3, 0.4) is 0 Å². The second kappa shape index (κ2) is 7.26. The number of carbonyl (C=O) groups is 3. The number of carboxylic acids is 1. The van der Waals surface area contributed by atoms with Crippen LogP contribution in [0, 0.1) is 0 Å². The first-order chi connectivity index (χ1) is 10.1. The van der Waals surface area contributed by atoms with Crippen molar-refractivity contribution in [1.82, 2.24) is 4.90 Å². The molecule has 112 valence electrons. The lowest BCUT2D eigenvalue weighted by molar-refractivity contribution is -0.136. The summed E-state index contributed by atoms with van der Waals surface area (Å²) in [4.78, 5) is 35.8. The quantitative estimate of drug-likeness (QED) is 0.589. The Kier molecular flexibility index (Phi) is 5.38. The van der Waals surface area contributed by atoms with E-state index in [1.54, 1.807) is 36.0 Å². The average molecular weight is 307 g/mol. The van der Waals surface area contributed by atoms with Crippen molar-refractivity contribution in [2.75, 3.05) is 18.1 Å². The number of aliphatic carboxylic acids is 1. The molecule has 0 saturated heterocycles. The van der Waals surface area contributed by atoms with E-state index < -0.39 is 5.97 Å². The van der Waals surface area contributed by atoms with Crippen molar-refractivity contribution in [1.29, 1.82) is 0 Å². The summed E-state index contributed by atoms with van der Waals surface area (Å²) in [7, 11) is 0. The fourth-order valence-electron chi connectivity index (χ4n) is 2.18. The van der Waals surface area contributed by atoms with Crippen LogP contribution < -0.4 is 0 Å². The van der Waals surface area contributed by atoms with E-state index in [-0.39, 0.29) is 18.2 Å². The van der Waals surface area contributed by atoms with E-state index in [1.165, 1.54) is 4.90 Å². The minimum atomic E-state index is -0.784. The van der Waals surface area contributed by atoms with E-state index >= 15 is 0 Å².